The summed E-state index contributed by atoms with van der Waals surface area (Å²) in [5.74, 6) is -0.493. The fourth-order valence-corrected chi connectivity index (χ4v) is 2.89. The molecular weight excluding hydrogens is 310 g/mol. The number of benzene rings is 1. The van der Waals surface area contributed by atoms with Gasteiger partial charge in [-0.3, -0.25) is 14.4 Å². The fraction of sp³-hybridized carbons (Fsp3) is 0.471. The van der Waals surface area contributed by atoms with E-state index in [1.807, 2.05) is 24.3 Å². The second-order valence-electron chi connectivity index (χ2n) is 5.98. The fourth-order valence-electron chi connectivity index (χ4n) is 2.89. The van der Waals surface area contributed by atoms with E-state index in [4.69, 9.17) is 10.5 Å². The predicted octanol–water partition coefficient (Wildman–Crippen LogP) is 0.0762. The molecule has 7 nitrogen and oxygen atoms in total. The Morgan fingerprint density at radius 1 is 1.42 bits per heavy atom. The van der Waals surface area contributed by atoms with Gasteiger partial charge in [0, 0.05) is 26.4 Å². The molecule has 1 heterocycles. The molecule has 7 heteroatoms. The zero-order chi connectivity index (χ0) is 17.7. The summed E-state index contributed by atoms with van der Waals surface area (Å²) in [5.41, 5.74) is 6.19. The summed E-state index contributed by atoms with van der Waals surface area (Å²) in [5, 5.41) is 2.70. The van der Waals surface area contributed by atoms with E-state index in [1.165, 1.54) is 6.92 Å². The molecule has 0 unspecified atom stereocenters. The minimum atomic E-state index is -0.679. The highest BCUT2D eigenvalue weighted by Crippen LogP contribution is 2.19. The number of primary amides is 1. The predicted molar refractivity (Wildman–Crippen MR) is 88.2 cm³/mol. The molecule has 130 valence electrons. The molecule has 1 aromatic carbocycles. The minimum Gasteiger partial charge on any atom is -0.497 e. The average molecular weight is 333 g/mol. The third-order valence-electron chi connectivity index (χ3n) is 4.15. The molecule has 1 saturated heterocycles. The number of nitrogens with zero attached hydrogens (tertiary/aromatic N) is 1. The van der Waals surface area contributed by atoms with Gasteiger partial charge < -0.3 is 20.7 Å². The molecule has 2 atom stereocenters. The van der Waals surface area contributed by atoms with E-state index in [1.54, 1.807) is 12.0 Å². The van der Waals surface area contributed by atoms with Gasteiger partial charge in [-0.15, -0.1) is 0 Å². The van der Waals surface area contributed by atoms with Crippen molar-refractivity contribution in [3.8, 4) is 5.75 Å². The smallest absolute Gasteiger partial charge is 0.245 e. The maximum atomic E-state index is 12.7. The summed E-state index contributed by atoms with van der Waals surface area (Å²) >= 11 is 0. The number of carbonyl (C=O) groups excluding carboxylic acids is 3. The third kappa shape index (κ3) is 4.47. The van der Waals surface area contributed by atoms with Gasteiger partial charge in [0.25, 0.3) is 0 Å². The van der Waals surface area contributed by atoms with E-state index in [0.717, 1.165) is 5.56 Å². The van der Waals surface area contributed by atoms with Crippen molar-refractivity contribution in [2.75, 3.05) is 20.2 Å². The Morgan fingerprint density at radius 3 is 2.75 bits per heavy atom. The second-order valence-corrected chi connectivity index (χ2v) is 5.98. The topological polar surface area (TPSA) is 102 Å². The minimum absolute atomic E-state index is 0.197. The zero-order valence-electron chi connectivity index (χ0n) is 14.0. The SMILES string of the molecule is COc1cccc(C[C@H](NC(C)=O)C(=O)N2CC[C@@H](C(N)=O)C2)c1. The molecule has 2 rings (SSSR count). The number of hydrogen-bond donors (Lipinski definition) is 2. The molecule has 24 heavy (non-hydrogen) atoms. The molecule has 0 aliphatic carbocycles. The maximum Gasteiger partial charge on any atom is 0.245 e. The Bertz CT molecular complexity index is 632. The summed E-state index contributed by atoms with van der Waals surface area (Å²) < 4.78 is 5.18. The van der Waals surface area contributed by atoms with Gasteiger partial charge in [0.1, 0.15) is 11.8 Å². The number of methoxy groups -OCH3 is 1. The zero-order valence-corrected chi connectivity index (χ0v) is 14.0. The molecule has 1 aliphatic rings. The molecular formula is C17H23N3O4. The number of nitrogens with two attached hydrogens (primary N) is 1. The van der Waals surface area contributed by atoms with E-state index in [-0.39, 0.29) is 17.7 Å². The van der Waals surface area contributed by atoms with Crippen LogP contribution in [0, 0.1) is 5.92 Å². The number of hydrogen-bond acceptors (Lipinski definition) is 4. The number of ether oxygens (including phenoxy) is 1. The van der Waals surface area contributed by atoms with Crippen LogP contribution >= 0.6 is 0 Å². The lowest BCUT2D eigenvalue weighted by Crippen LogP contribution is -2.48. The Hall–Kier alpha value is -2.57. The largest absolute Gasteiger partial charge is 0.497 e. The van der Waals surface area contributed by atoms with Gasteiger partial charge in [0.15, 0.2) is 0 Å². The van der Waals surface area contributed by atoms with Crippen LogP contribution in [0.25, 0.3) is 0 Å². The van der Waals surface area contributed by atoms with E-state index >= 15 is 0 Å². The van der Waals surface area contributed by atoms with Crippen molar-refractivity contribution >= 4 is 17.7 Å². The molecule has 0 aromatic heterocycles. The number of carbonyl (C=O) groups is 3. The molecule has 1 aromatic rings. The van der Waals surface area contributed by atoms with E-state index in [9.17, 15) is 14.4 Å². The van der Waals surface area contributed by atoms with Crippen LogP contribution in [0.1, 0.15) is 18.9 Å². The average Bonchev–Trinajstić information content (AvgIpc) is 3.03. The number of nitrogens with one attached hydrogen (secondary N) is 1. The Labute approximate surface area is 141 Å². The summed E-state index contributed by atoms with van der Waals surface area (Å²) in [4.78, 5) is 37.1. The lowest BCUT2D eigenvalue weighted by atomic mass is 10.0. The van der Waals surface area contributed by atoms with Gasteiger partial charge >= 0.3 is 0 Å². The van der Waals surface area contributed by atoms with Crippen LogP contribution in [0.5, 0.6) is 5.75 Å². The molecule has 0 radical (unpaired) electrons. The van der Waals surface area contributed by atoms with Gasteiger partial charge in [0.2, 0.25) is 17.7 Å². The van der Waals surface area contributed by atoms with Crippen LogP contribution in [0.2, 0.25) is 0 Å². The normalized spacial score (nSPS) is 18.1. The van der Waals surface area contributed by atoms with E-state index in [2.05, 4.69) is 5.32 Å². The van der Waals surface area contributed by atoms with Crippen molar-refractivity contribution in [1.29, 1.82) is 0 Å². The van der Waals surface area contributed by atoms with Crippen molar-refractivity contribution in [2.24, 2.45) is 11.7 Å². The quantitative estimate of drug-likeness (QED) is 0.769. The van der Waals surface area contributed by atoms with E-state index < -0.39 is 11.9 Å². The molecule has 3 amide bonds. The van der Waals surface area contributed by atoms with Crippen LogP contribution in [0.4, 0.5) is 0 Å². The van der Waals surface area contributed by atoms with Crippen molar-refractivity contribution in [1.82, 2.24) is 10.2 Å². The molecule has 0 spiro atoms. The molecule has 1 aliphatic heterocycles. The molecule has 1 fully saturated rings. The monoisotopic (exact) mass is 333 g/mol. The first-order valence-corrected chi connectivity index (χ1v) is 7.89. The number of rotatable bonds is 6. The van der Waals surface area contributed by atoms with Crippen LogP contribution in [-0.4, -0.2) is 48.9 Å². The molecule has 3 N–H and O–H groups in total. The van der Waals surface area contributed by atoms with Crippen LogP contribution in [-0.2, 0) is 20.8 Å². The van der Waals surface area contributed by atoms with Gasteiger partial charge in [0.05, 0.1) is 13.0 Å². The summed E-state index contributed by atoms with van der Waals surface area (Å²) in [6.07, 6.45) is 0.917. The highest BCUT2D eigenvalue weighted by atomic mass is 16.5. The lowest BCUT2D eigenvalue weighted by Gasteiger charge is -2.24. The number of likely N-dealkylation sites (tertiary alicyclic amines) is 1. The Morgan fingerprint density at radius 2 is 2.17 bits per heavy atom. The van der Waals surface area contributed by atoms with Crippen molar-refractivity contribution < 1.29 is 19.1 Å². The van der Waals surface area contributed by atoms with Crippen LogP contribution in [0.15, 0.2) is 24.3 Å². The lowest BCUT2D eigenvalue weighted by molar-refractivity contribution is -0.135. The Kier molecular flexibility index (Phi) is 5.78. The first kappa shape index (κ1) is 17.8. The molecule has 0 saturated carbocycles. The first-order valence-electron chi connectivity index (χ1n) is 7.89. The first-order chi connectivity index (χ1) is 11.4. The third-order valence-corrected chi connectivity index (χ3v) is 4.15. The van der Waals surface area contributed by atoms with Crippen molar-refractivity contribution in [2.45, 2.75) is 25.8 Å². The van der Waals surface area contributed by atoms with Crippen molar-refractivity contribution in [3.63, 3.8) is 0 Å². The van der Waals surface area contributed by atoms with Crippen LogP contribution < -0.4 is 15.8 Å². The highest BCUT2D eigenvalue weighted by molar-refractivity contribution is 5.88. The maximum absolute atomic E-state index is 12.7. The van der Waals surface area contributed by atoms with Gasteiger partial charge in [-0.1, -0.05) is 12.1 Å². The van der Waals surface area contributed by atoms with Gasteiger partial charge in [-0.25, -0.2) is 0 Å². The summed E-state index contributed by atoms with van der Waals surface area (Å²) in [7, 11) is 1.57. The van der Waals surface area contributed by atoms with Crippen molar-refractivity contribution in [3.05, 3.63) is 29.8 Å². The second kappa shape index (κ2) is 7.81. The standard InChI is InChI=1S/C17H23N3O4/c1-11(21)19-15(9-12-4-3-5-14(8-12)24-2)17(23)20-7-6-13(10-20)16(18)22/h3-5,8,13,15H,6-7,9-10H2,1-2H3,(H2,18,22)(H,19,21)/t13-,15+/m1/s1. The Balaban J connectivity index is 2.11. The number of amides is 3. The highest BCUT2D eigenvalue weighted by Gasteiger charge is 2.33. The van der Waals surface area contributed by atoms with E-state index in [0.29, 0.717) is 31.7 Å². The molecule has 0 bridgehead atoms. The van der Waals surface area contributed by atoms with Gasteiger partial charge in [-0.05, 0) is 24.1 Å². The summed E-state index contributed by atoms with van der Waals surface area (Å²) in [6.45, 7) is 2.16. The summed E-state index contributed by atoms with van der Waals surface area (Å²) in [6, 6.07) is 6.68. The van der Waals surface area contributed by atoms with Crippen LogP contribution in [0.3, 0.4) is 0 Å². The van der Waals surface area contributed by atoms with Gasteiger partial charge in [-0.2, -0.15) is 0 Å².